The van der Waals surface area contributed by atoms with Crippen molar-refractivity contribution in [3.8, 4) is 0 Å². The van der Waals surface area contributed by atoms with Crippen LogP contribution in [0.2, 0.25) is 0 Å². The van der Waals surface area contributed by atoms with E-state index in [1.54, 1.807) is 6.07 Å². The summed E-state index contributed by atoms with van der Waals surface area (Å²) in [4.78, 5) is 1.11. The van der Waals surface area contributed by atoms with E-state index in [4.69, 9.17) is 0 Å². The Morgan fingerprint density at radius 1 is 1.19 bits per heavy atom. The summed E-state index contributed by atoms with van der Waals surface area (Å²) < 4.78 is 27.7. The molecule has 1 aromatic heterocycles. The van der Waals surface area contributed by atoms with E-state index in [0.717, 1.165) is 37.2 Å². The minimum atomic E-state index is -3.37. The molecule has 0 radical (unpaired) electrons. The standard InChI is InChI=1S/C15H28N2O2S2/c1-5-10-16-11-9-13-7-8-14(20-13)21(18,19)17-12-15(3,4)6-2/h7-8,16-17H,5-6,9-12H2,1-4H3. The van der Waals surface area contributed by atoms with Gasteiger partial charge in [0.1, 0.15) is 4.21 Å². The van der Waals surface area contributed by atoms with E-state index in [1.807, 2.05) is 6.07 Å². The molecule has 0 aliphatic rings. The Hall–Kier alpha value is -0.430. The van der Waals surface area contributed by atoms with Crippen LogP contribution in [-0.4, -0.2) is 28.1 Å². The maximum atomic E-state index is 12.3. The predicted molar refractivity (Wildman–Crippen MR) is 90.4 cm³/mol. The zero-order chi connectivity index (χ0) is 15.9. The lowest BCUT2D eigenvalue weighted by Gasteiger charge is -2.22. The van der Waals surface area contributed by atoms with Gasteiger partial charge in [0.2, 0.25) is 10.0 Å². The SMILES string of the molecule is CCCNCCc1ccc(S(=O)(=O)NCC(C)(C)CC)s1. The summed E-state index contributed by atoms with van der Waals surface area (Å²) in [5.41, 5.74) is -0.0166. The summed E-state index contributed by atoms with van der Waals surface area (Å²) in [5, 5.41) is 3.33. The average molecular weight is 333 g/mol. The second-order valence-corrected chi connectivity index (χ2v) is 9.23. The molecule has 0 saturated heterocycles. The van der Waals surface area contributed by atoms with Crippen molar-refractivity contribution in [1.82, 2.24) is 10.0 Å². The summed E-state index contributed by atoms with van der Waals surface area (Å²) in [7, 11) is -3.37. The maximum absolute atomic E-state index is 12.3. The summed E-state index contributed by atoms with van der Waals surface area (Å²) in [6.45, 7) is 10.7. The Labute approximate surface area is 133 Å². The molecule has 0 aromatic carbocycles. The number of hydrogen-bond donors (Lipinski definition) is 2. The number of thiophene rings is 1. The zero-order valence-corrected chi connectivity index (χ0v) is 15.2. The number of sulfonamides is 1. The number of nitrogens with one attached hydrogen (secondary N) is 2. The summed E-state index contributed by atoms with van der Waals surface area (Å²) >= 11 is 1.37. The fourth-order valence-electron chi connectivity index (χ4n) is 1.64. The molecule has 2 N–H and O–H groups in total. The molecule has 21 heavy (non-hydrogen) atoms. The van der Waals surface area contributed by atoms with Gasteiger partial charge in [0.25, 0.3) is 0 Å². The topological polar surface area (TPSA) is 58.2 Å². The van der Waals surface area contributed by atoms with E-state index in [1.165, 1.54) is 11.3 Å². The Balaban J connectivity index is 2.58. The molecule has 0 fully saturated rings. The fraction of sp³-hybridized carbons (Fsp3) is 0.733. The first kappa shape index (κ1) is 18.6. The van der Waals surface area contributed by atoms with Crippen molar-refractivity contribution >= 4 is 21.4 Å². The molecule has 122 valence electrons. The van der Waals surface area contributed by atoms with Gasteiger partial charge in [0.05, 0.1) is 0 Å². The largest absolute Gasteiger partial charge is 0.316 e. The Morgan fingerprint density at radius 2 is 1.90 bits per heavy atom. The van der Waals surface area contributed by atoms with Crippen LogP contribution in [0.15, 0.2) is 16.3 Å². The van der Waals surface area contributed by atoms with Gasteiger partial charge >= 0.3 is 0 Å². The molecule has 1 rings (SSSR count). The maximum Gasteiger partial charge on any atom is 0.250 e. The van der Waals surface area contributed by atoms with Gasteiger partial charge < -0.3 is 5.32 Å². The van der Waals surface area contributed by atoms with E-state index in [9.17, 15) is 8.42 Å². The highest BCUT2D eigenvalue weighted by Gasteiger charge is 2.22. The smallest absolute Gasteiger partial charge is 0.250 e. The summed E-state index contributed by atoms with van der Waals surface area (Å²) in [6, 6.07) is 3.62. The molecule has 0 saturated carbocycles. The van der Waals surface area contributed by atoms with Gasteiger partial charge in [0.15, 0.2) is 0 Å². The molecule has 1 heterocycles. The van der Waals surface area contributed by atoms with Crippen molar-refractivity contribution in [2.45, 2.75) is 51.2 Å². The second-order valence-electron chi connectivity index (χ2n) is 6.06. The van der Waals surface area contributed by atoms with Crippen LogP contribution in [0.4, 0.5) is 0 Å². The highest BCUT2D eigenvalue weighted by Crippen LogP contribution is 2.23. The van der Waals surface area contributed by atoms with Gasteiger partial charge in [-0.1, -0.05) is 27.7 Å². The van der Waals surface area contributed by atoms with Crippen molar-refractivity contribution in [2.24, 2.45) is 5.41 Å². The average Bonchev–Trinajstić information content (AvgIpc) is 2.91. The highest BCUT2D eigenvalue weighted by atomic mass is 32.2. The van der Waals surface area contributed by atoms with Crippen LogP contribution in [0, 0.1) is 5.41 Å². The van der Waals surface area contributed by atoms with E-state index in [2.05, 4.69) is 37.7 Å². The Morgan fingerprint density at radius 3 is 2.52 bits per heavy atom. The first-order valence-corrected chi connectivity index (χ1v) is 9.90. The molecule has 6 heteroatoms. The highest BCUT2D eigenvalue weighted by molar-refractivity contribution is 7.91. The van der Waals surface area contributed by atoms with Gasteiger partial charge in [-0.25, -0.2) is 13.1 Å². The first-order chi connectivity index (χ1) is 9.80. The Bertz CT molecular complexity index is 522. The Kier molecular flexibility index (Phi) is 7.33. The lowest BCUT2D eigenvalue weighted by Crippen LogP contribution is -2.33. The van der Waals surface area contributed by atoms with Crippen LogP contribution in [0.1, 0.15) is 45.4 Å². The van der Waals surface area contributed by atoms with E-state index in [0.29, 0.717) is 10.8 Å². The van der Waals surface area contributed by atoms with E-state index < -0.39 is 10.0 Å². The third kappa shape index (κ3) is 6.46. The molecule has 0 unspecified atom stereocenters. The molecular formula is C15H28N2O2S2. The van der Waals surface area contributed by atoms with Gasteiger partial charge in [-0.05, 0) is 49.9 Å². The van der Waals surface area contributed by atoms with Gasteiger partial charge in [-0.2, -0.15) is 0 Å². The normalized spacial score (nSPS) is 12.8. The van der Waals surface area contributed by atoms with E-state index in [-0.39, 0.29) is 5.41 Å². The molecule has 4 nitrogen and oxygen atoms in total. The molecule has 0 aliphatic carbocycles. The summed E-state index contributed by atoms with van der Waals surface area (Å²) in [6.07, 6.45) is 2.93. The van der Waals surface area contributed by atoms with Crippen LogP contribution >= 0.6 is 11.3 Å². The first-order valence-electron chi connectivity index (χ1n) is 7.60. The lowest BCUT2D eigenvalue weighted by atomic mass is 9.91. The van der Waals surface area contributed by atoms with Crippen molar-refractivity contribution in [2.75, 3.05) is 19.6 Å². The van der Waals surface area contributed by atoms with Crippen LogP contribution < -0.4 is 10.0 Å². The molecule has 0 aliphatic heterocycles. The fourth-order valence-corrected chi connectivity index (χ4v) is 4.28. The van der Waals surface area contributed by atoms with Crippen molar-refractivity contribution in [3.63, 3.8) is 0 Å². The van der Waals surface area contributed by atoms with Crippen LogP contribution in [0.25, 0.3) is 0 Å². The predicted octanol–water partition coefficient (Wildman–Crippen LogP) is 3.00. The second kappa shape index (κ2) is 8.27. The third-order valence-electron chi connectivity index (χ3n) is 3.57. The summed E-state index contributed by atoms with van der Waals surface area (Å²) in [5.74, 6) is 0. The van der Waals surface area contributed by atoms with Crippen LogP contribution in [0.3, 0.4) is 0 Å². The monoisotopic (exact) mass is 332 g/mol. The minimum absolute atomic E-state index is 0.0166. The number of rotatable bonds is 10. The third-order valence-corrected chi connectivity index (χ3v) is 6.61. The van der Waals surface area contributed by atoms with Gasteiger partial charge in [-0.15, -0.1) is 11.3 Å². The van der Waals surface area contributed by atoms with Gasteiger partial charge in [0, 0.05) is 11.4 Å². The van der Waals surface area contributed by atoms with Crippen molar-refractivity contribution in [1.29, 1.82) is 0 Å². The zero-order valence-electron chi connectivity index (χ0n) is 13.5. The molecule has 0 atom stereocenters. The van der Waals surface area contributed by atoms with Crippen molar-refractivity contribution < 1.29 is 8.42 Å². The minimum Gasteiger partial charge on any atom is -0.316 e. The molecule has 0 spiro atoms. The van der Waals surface area contributed by atoms with Crippen LogP contribution in [0.5, 0.6) is 0 Å². The van der Waals surface area contributed by atoms with Crippen LogP contribution in [-0.2, 0) is 16.4 Å². The lowest BCUT2D eigenvalue weighted by molar-refractivity contribution is 0.350. The molecule has 0 bridgehead atoms. The number of hydrogen-bond acceptors (Lipinski definition) is 4. The molecule has 1 aromatic rings. The quantitative estimate of drug-likeness (QED) is 0.648. The van der Waals surface area contributed by atoms with Gasteiger partial charge in [-0.3, -0.25) is 0 Å². The van der Waals surface area contributed by atoms with Crippen molar-refractivity contribution in [3.05, 3.63) is 17.0 Å². The molecular weight excluding hydrogens is 304 g/mol. The molecule has 0 amide bonds. The van der Waals surface area contributed by atoms with E-state index >= 15 is 0 Å².